The summed E-state index contributed by atoms with van der Waals surface area (Å²) in [5.74, 6) is 0.465. The molecule has 0 saturated carbocycles. The molecule has 0 aromatic rings. The number of nitrogens with one attached hydrogen (secondary N) is 1. The molecule has 0 aromatic carbocycles. The zero-order valence-electron chi connectivity index (χ0n) is 8.66. The van der Waals surface area contributed by atoms with Gasteiger partial charge in [0.1, 0.15) is 0 Å². The fourth-order valence-corrected chi connectivity index (χ4v) is 2.30. The molecule has 1 N–H and O–H groups in total. The molecule has 2 saturated heterocycles. The van der Waals surface area contributed by atoms with E-state index >= 15 is 0 Å². The van der Waals surface area contributed by atoms with Gasteiger partial charge >= 0.3 is 6.03 Å². The third kappa shape index (κ3) is 1.85. The van der Waals surface area contributed by atoms with Crippen LogP contribution >= 0.6 is 0 Å². The van der Waals surface area contributed by atoms with Crippen molar-refractivity contribution in [2.45, 2.75) is 25.8 Å². The standard InChI is InChI=1S/C10H18N2O2/c1-8-7-14-6-3-9(8)12-5-2-4-11-10(12)13/h8-9H,2-7H2,1H3,(H,11,13). The van der Waals surface area contributed by atoms with E-state index in [1.165, 1.54) is 0 Å². The highest BCUT2D eigenvalue weighted by Crippen LogP contribution is 2.21. The number of rotatable bonds is 1. The Bertz CT molecular complexity index is 220. The summed E-state index contributed by atoms with van der Waals surface area (Å²) in [6.45, 7) is 5.47. The number of carbonyl (C=O) groups is 1. The Hall–Kier alpha value is -0.770. The lowest BCUT2D eigenvalue weighted by Crippen LogP contribution is -2.55. The lowest BCUT2D eigenvalue weighted by atomic mass is 9.96. The zero-order valence-corrected chi connectivity index (χ0v) is 8.66. The van der Waals surface area contributed by atoms with Crippen molar-refractivity contribution in [1.82, 2.24) is 10.2 Å². The fourth-order valence-electron chi connectivity index (χ4n) is 2.30. The van der Waals surface area contributed by atoms with Gasteiger partial charge < -0.3 is 15.0 Å². The second kappa shape index (κ2) is 4.17. The molecule has 0 radical (unpaired) electrons. The fraction of sp³-hybridized carbons (Fsp3) is 0.900. The lowest BCUT2D eigenvalue weighted by Gasteiger charge is -2.40. The van der Waals surface area contributed by atoms with Gasteiger partial charge in [-0.25, -0.2) is 4.79 Å². The Morgan fingerprint density at radius 2 is 2.43 bits per heavy atom. The van der Waals surface area contributed by atoms with E-state index in [0.717, 1.165) is 39.1 Å². The number of ether oxygens (including phenoxy) is 1. The van der Waals surface area contributed by atoms with E-state index in [2.05, 4.69) is 12.2 Å². The second-order valence-corrected chi connectivity index (χ2v) is 4.19. The average molecular weight is 198 g/mol. The molecule has 2 fully saturated rings. The summed E-state index contributed by atoms with van der Waals surface area (Å²) in [6, 6.07) is 0.485. The topological polar surface area (TPSA) is 41.6 Å². The summed E-state index contributed by atoms with van der Waals surface area (Å²) in [7, 11) is 0. The Morgan fingerprint density at radius 1 is 1.57 bits per heavy atom. The minimum Gasteiger partial charge on any atom is -0.381 e. The van der Waals surface area contributed by atoms with Crippen molar-refractivity contribution in [1.29, 1.82) is 0 Å². The van der Waals surface area contributed by atoms with Crippen LogP contribution in [0.5, 0.6) is 0 Å². The number of hydrogen-bond donors (Lipinski definition) is 1. The van der Waals surface area contributed by atoms with Gasteiger partial charge in [0.05, 0.1) is 6.61 Å². The van der Waals surface area contributed by atoms with E-state index in [1.54, 1.807) is 0 Å². The first-order chi connectivity index (χ1) is 6.79. The maximum Gasteiger partial charge on any atom is 0.317 e. The van der Waals surface area contributed by atoms with Crippen LogP contribution in [0.25, 0.3) is 0 Å². The molecular weight excluding hydrogens is 180 g/mol. The highest BCUT2D eigenvalue weighted by atomic mass is 16.5. The molecular formula is C10H18N2O2. The van der Waals surface area contributed by atoms with Crippen molar-refractivity contribution in [2.24, 2.45) is 5.92 Å². The summed E-state index contributed by atoms with van der Waals surface area (Å²) < 4.78 is 5.38. The van der Waals surface area contributed by atoms with Gasteiger partial charge in [-0.05, 0) is 12.8 Å². The van der Waals surface area contributed by atoms with Crippen molar-refractivity contribution in [3.8, 4) is 0 Å². The smallest absolute Gasteiger partial charge is 0.317 e. The van der Waals surface area contributed by atoms with Crippen LogP contribution in [0.1, 0.15) is 19.8 Å². The zero-order chi connectivity index (χ0) is 9.97. The van der Waals surface area contributed by atoms with Gasteiger partial charge in [-0.1, -0.05) is 6.92 Å². The minimum absolute atomic E-state index is 0.106. The van der Waals surface area contributed by atoms with E-state index in [9.17, 15) is 4.79 Å². The van der Waals surface area contributed by atoms with Crippen LogP contribution in [0.2, 0.25) is 0 Å². The first-order valence-electron chi connectivity index (χ1n) is 5.41. The molecule has 2 rings (SSSR count). The van der Waals surface area contributed by atoms with Gasteiger partial charge in [0.15, 0.2) is 0 Å². The number of hydrogen-bond acceptors (Lipinski definition) is 2. The van der Waals surface area contributed by atoms with Gasteiger partial charge in [0.2, 0.25) is 0 Å². The van der Waals surface area contributed by atoms with Gasteiger partial charge in [-0.3, -0.25) is 0 Å². The summed E-state index contributed by atoms with van der Waals surface area (Å²) in [4.78, 5) is 13.6. The molecule has 0 aliphatic carbocycles. The van der Waals surface area contributed by atoms with Crippen LogP contribution in [-0.4, -0.2) is 43.3 Å². The van der Waals surface area contributed by atoms with Crippen LogP contribution in [0.3, 0.4) is 0 Å². The summed E-state index contributed by atoms with van der Waals surface area (Å²) in [5.41, 5.74) is 0. The van der Waals surface area contributed by atoms with Gasteiger partial charge in [0, 0.05) is 31.7 Å². The predicted molar refractivity (Wildman–Crippen MR) is 53.1 cm³/mol. The molecule has 2 aliphatic heterocycles. The third-order valence-corrected chi connectivity index (χ3v) is 3.11. The van der Waals surface area contributed by atoms with Crippen LogP contribution < -0.4 is 5.32 Å². The van der Waals surface area contributed by atoms with Crippen LogP contribution in [-0.2, 0) is 4.74 Å². The molecule has 2 heterocycles. The number of urea groups is 1. The monoisotopic (exact) mass is 198 g/mol. The van der Waals surface area contributed by atoms with Crippen molar-refractivity contribution in [3.05, 3.63) is 0 Å². The number of amides is 2. The first-order valence-corrected chi connectivity index (χ1v) is 5.41. The Labute approximate surface area is 84.6 Å². The van der Waals surface area contributed by atoms with Gasteiger partial charge in [0.25, 0.3) is 0 Å². The van der Waals surface area contributed by atoms with Crippen LogP contribution in [0, 0.1) is 5.92 Å². The van der Waals surface area contributed by atoms with Crippen molar-refractivity contribution < 1.29 is 9.53 Å². The predicted octanol–water partition coefficient (Wildman–Crippen LogP) is 0.827. The molecule has 2 amide bonds. The van der Waals surface area contributed by atoms with Crippen LogP contribution in [0.4, 0.5) is 4.79 Å². The van der Waals surface area contributed by atoms with E-state index in [4.69, 9.17) is 4.74 Å². The highest BCUT2D eigenvalue weighted by molar-refractivity contribution is 5.75. The molecule has 80 valence electrons. The Morgan fingerprint density at radius 3 is 3.14 bits per heavy atom. The van der Waals surface area contributed by atoms with E-state index in [1.807, 2.05) is 4.90 Å². The van der Waals surface area contributed by atoms with Crippen LogP contribution in [0.15, 0.2) is 0 Å². The van der Waals surface area contributed by atoms with E-state index in [0.29, 0.717) is 12.0 Å². The molecule has 0 spiro atoms. The minimum atomic E-state index is 0.106. The molecule has 4 nitrogen and oxygen atoms in total. The molecule has 0 aromatic heterocycles. The highest BCUT2D eigenvalue weighted by Gasteiger charge is 2.31. The quantitative estimate of drug-likeness (QED) is 0.678. The maximum atomic E-state index is 11.6. The number of carbonyl (C=O) groups excluding carboxylic acids is 1. The molecule has 14 heavy (non-hydrogen) atoms. The first kappa shape index (κ1) is 9.77. The largest absolute Gasteiger partial charge is 0.381 e. The Kier molecular flexibility index (Phi) is 2.91. The second-order valence-electron chi connectivity index (χ2n) is 4.19. The Balaban J connectivity index is 2.00. The molecule has 4 heteroatoms. The normalized spacial score (nSPS) is 34.1. The molecule has 0 bridgehead atoms. The van der Waals surface area contributed by atoms with E-state index in [-0.39, 0.29) is 6.03 Å². The summed E-state index contributed by atoms with van der Waals surface area (Å²) >= 11 is 0. The molecule has 2 unspecified atom stereocenters. The summed E-state index contributed by atoms with van der Waals surface area (Å²) in [6.07, 6.45) is 2.05. The molecule has 2 aliphatic rings. The van der Waals surface area contributed by atoms with Crippen molar-refractivity contribution in [2.75, 3.05) is 26.3 Å². The summed E-state index contributed by atoms with van der Waals surface area (Å²) in [5, 5.41) is 2.90. The van der Waals surface area contributed by atoms with E-state index < -0.39 is 0 Å². The van der Waals surface area contributed by atoms with Gasteiger partial charge in [-0.2, -0.15) is 0 Å². The third-order valence-electron chi connectivity index (χ3n) is 3.11. The number of nitrogens with zero attached hydrogens (tertiary/aromatic N) is 1. The van der Waals surface area contributed by atoms with Crippen molar-refractivity contribution in [3.63, 3.8) is 0 Å². The lowest BCUT2D eigenvalue weighted by molar-refractivity contribution is 0.00396. The SMILES string of the molecule is CC1COCCC1N1CCCNC1=O. The van der Waals surface area contributed by atoms with Crippen molar-refractivity contribution >= 4 is 6.03 Å². The molecule has 2 atom stereocenters. The van der Waals surface area contributed by atoms with Gasteiger partial charge in [-0.15, -0.1) is 0 Å². The maximum absolute atomic E-state index is 11.6. The average Bonchev–Trinajstić information content (AvgIpc) is 2.20.